The summed E-state index contributed by atoms with van der Waals surface area (Å²) in [6.07, 6.45) is 1.60. The van der Waals surface area contributed by atoms with Crippen molar-refractivity contribution in [3.63, 3.8) is 0 Å². The summed E-state index contributed by atoms with van der Waals surface area (Å²) in [6, 6.07) is 14.5. The van der Waals surface area contributed by atoms with Crippen molar-refractivity contribution in [1.29, 1.82) is 0 Å². The molecule has 0 atom stereocenters. The first-order chi connectivity index (χ1) is 9.15. The van der Waals surface area contributed by atoms with Crippen LogP contribution in [0.25, 0.3) is 0 Å². The Balaban J connectivity index is 1.98. The summed E-state index contributed by atoms with van der Waals surface area (Å²) >= 11 is 8.04. The van der Waals surface area contributed by atoms with Crippen LogP contribution in [-0.2, 0) is 0 Å². The minimum Gasteiger partial charge on any atom is -0.267 e. The van der Waals surface area contributed by atoms with E-state index in [9.17, 15) is 4.79 Å². The predicted octanol–water partition coefficient (Wildman–Crippen LogP) is 3.71. The van der Waals surface area contributed by atoms with Crippen LogP contribution in [0.3, 0.4) is 0 Å². The van der Waals surface area contributed by atoms with Gasteiger partial charge in [-0.15, -0.1) is 0 Å². The normalized spacial score (nSPS) is 10.6. The molecule has 96 valence electrons. The molecule has 2 aromatic carbocycles. The first-order valence-electron chi connectivity index (χ1n) is 5.50. The van der Waals surface area contributed by atoms with E-state index in [0.717, 1.165) is 9.13 Å². The summed E-state index contributed by atoms with van der Waals surface area (Å²) in [7, 11) is 0. The number of amides is 1. The van der Waals surface area contributed by atoms with Gasteiger partial charge in [-0.25, -0.2) is 5.43 Å². The summed E-state index contributed by atoms with van der Waals surface area (Å²) in [4.78, 5) is 11.8. The highest BCUT2D eigenvalue weighted by molar-refractivity contribution is 14.1. The Kier molecular flexibility index (Phi) is 4.93. The van der Waals surface area contributed by atoms with Crippen molar-refractivity contribution in [2.75, 3.05) is 0 Å². The Bertz CT molecular complexity index is 611. The predicted molar refractivity (Wildman–Crippen MR) is 85.7 cm³/mol. The van der Waals surface area contributed by atoms with E-state index in [0.29, 0.717) is 10.6 Å². The van der Waals surface area contributed by atoms with Crippen LogP contribution in [0.5, 0.6) is 0 Å². The van der Waals surface area contributed by atoms with Gasteiger partial charge in [-0.3, -0.25) is 4.79 Å². The smallest absolute Gasteiger partial charge is 0.267 e. The van der Waals surface area contributed by atoms with Crippen LogP contribution >= 0.6 is 34.2 Å². The molecule has 0 radical (unpaired) electrons. The molecule has 0 bridgehead atoms. The fraction of sp³-hybridized carbons (Fsp3) is 0. The van der Waals surface area contributed by atoms with Crippen molar-refractivity contribution in [3.8, 4) is 0 Å². The van der Waals surface area contributed by atoms with Crippen LogP contribution < -0.4 is 5.43 Å². The average molecular weight is 385 g/mol. The highest BCUT2D eigenvalue weighted by Crippen LogP contribution is 2.10. The van der Waals surface area contributed by atoms with Crippen molar-refractivity contribution >= 4 is 46.3 Å². The second-order valence-corrected chi connectivity index (χ2v) is 5.44. The molecule has 1 N–H and O–H groups in total. The van der Waals surface area contributed by atoms with Gasteiger partial charge in [-0.1, -0.05) is 29.8 Å². The number of carbonyl (C=O) groups excluding carboxylic acids is 1. The fourth-order valence-electron chi connectivity index (χ4n) is 1.41. The number of halogens is 2. The average Bonchev–Trinajstić information content (AvgIpc) is 2.41. The zero-order chi connectivity index (χ0) is 13.7. The van der Waals surface area contributed by atoms with Crippen molar-refractivity contribution in [3.05, 3.63) is 68.3 Å². The van der Waals surface area contributed by atoms with Gasteiger partial charge < -0.3 is 0 Å². The fourth-order valence-corrected chi connectivity index (χ4v) is 1.96. The van der Waals surface area contributed by atoms with E-state index < -0.39 is 0 Å². The summed E-state index contributed by atoms with van der Waals surface area (Å²) in [5, 5.41) is 4.43. The summed E-state index contributed by atoms with van der Waals surface area (Å²) in [5.41, 5.74) is 3.86. The van der Waals surface area contributed by atoms with Gasteiger partial charge in [0, 0.05) is 14.2 Å². The molecule has 0 saturated heterocycles. The van der Waals surface area contributed by atoms with E-state index in [2.05, 4.69) is 33.1 Å². The molecule has 1 amide bonds. The van der Waals surface area contributed by atoms with Crippen LogP contribution in [0, 0.1) is 3.57 Å². The van der Waals surface area contributed by atoms with Crippen LogP contribution in [0.2, 0.25) is 5.02 Å². The molecule has 0 fully saturated rings. The van der Waals surface area contributed by atoms with Gasteiger partial charge in [0.1, 0.15) is 0 Å². The van der Waals surface area contributed by atoms with E-state index in [-0.39, 0.29) is 5.91 Å². The molecular formula is C14H10ClIN2O. The lowest BCUT2D eigenvalue weighted by atomic mass is 10.2. The van der Waals surface area contributed by atoms with Crippen LogP contribution in [0.15, 0.2) is 53.6 Å². The van der Waals surface area contributed by atoms with Gasteiger partial charge in [0.05, 0.1) is 6.21 Å². The quantitative estimate of drug-likeness (QED) is 0.489. The Hall–Kier alpha value is -1.40. The van der Waals surface area contributed by atoms with Crippen LogP contribution in [-0.4, -0.2) is 12.1 Å². The first-order valence-corrected chi connectivity index (χ1v) is 6.95. The molecule has 0 aliphatic carbocycles. The van der Waals surface area contributed by atoms with Gasteiger partial charge in [0.25, 0.3) is 5.91 Å². The minimum absolute atomic E-state index is 0.288. The molecule has 0 aliphatic rings. The Morgan fingerprint density at radius 1 is 1.21 bits per heavy atom. The molecule has 19 heavy (non-hydrogen) atoms. The van der Waals surface area contributed by atoms with E-state index in [1.165, 1.54) is 0 Å². The van der Waals surface area contributed by atoms with E-state index in [1.807, 2.05) is 24.3 Å². The lowest BCUT2D eigenvalue weighted by Crippen LogP contribution is -2.17. The van der Waals surface area contributed by atoms with Gasteiger partial charge in [0.15, 0.2) is 0 Å². The Labute approximate surface area is 129 Å². The molecule has 0 unspecified atom stereocenters. The summed E-state index contributed by atoms with van der Waals surface area (Å²) in [5.74, 6) is -0.288. The molecule has 5 heteroatoms. The minimum atomic E-state index is -0.288. The van der Waals surface area contributed by atoms with Crippen LogP contribution in [0.1, 0.15) is 15.9 Å². The molecule has 0 heterocycles. The highest BCUT2D eigenvalue weighted by Gasteiger charge is 2.03. The molecule has 0 aromatic heterocycles. The SMILES string of the molecule is O=C(NN=Cc1ccc(I)cc1)c1cccc(Cl)c1. The maximum Gasteiger partial charge on any atom is 0.271 e. The third kappa shape index (κ3) is 4.33. The van der Waals surface area contributed by atoms with Gasteiger partial charge in [0.2, 0.25) is 0 Å². The number of carbonyl (C=O) groups is 1. The number of hydrogen-bond donors (Lipinski definition) is 1. The van der Waals surface area contributed by atoms with Gasteiger partial charge in [-0.2, -0.15) is 5.10 Å². The third-order valence-corrected chi connectivity index (χ3v) is 3.29. The molecule has 0 spiro atoms. The van der Waals surface area contributed by atoms with E-state index in [1.54, 1.807) is 30.5 Å². The maximum atomic E-state index is 11.8. The van der Waals surface area contributed by atoms with Crippen molar-refractivity contribution < 1.29 is 4.79 Å². The molecular weight excluding hydrogens is 375 g/mol. The number of nitrogens with one attached hydrogen (secondary N) is 1. The number of hydrogen-bond acceptors (Lipinski definition) is 2. The zero-order valence-electron chi connectivity index (χ0n) is 9.81. The van der Waals surface area contributed by atoms with Crippen LogP contribution in [0.4, 0.5) is 0 Å². The topological polar surface area (TPSA) is 41.5 Å². The Morgan fingerprint density at radius 2 is 1.95 bits per heavy atom. The largest absolute Gasteiger partial charge is 0.271 e. The molecule has 3 nitrogen and oxygen atoms in total. The molecule has 0 saturated carbocycles. The first kappa shape index (κ1) is 14.0. The van der Waals surface area contributed by atoms with Crippen molar-refractivity contribution in [2.24, 2.45) is 5.10 Å². The number of nitrogens with zero attached hydrogens (tertiary/aromatic N) is 1. The molecule has 0 aliphatic heterocycles. The zero-order valence-corrected chi connectivity index (χ0v) is 12.7. The second-order valence-electron chi connectivity index (χ2n) is 3.76. The maximum absolute atomic E-state index is 11.8. The van der Waals surface area contributed by atoms with Gasteiger partial charge in [-0.05, 0) is 58.5 Å². The Morgan fingerprint density at radius 3 is 2.63 bits per heavy atom. The second kappa shape index (κ2) is 6.68. The molecule has 2 rings (SSSR count). The lowest BCUT2D eigenvalue weighted by molar-refractivity contribution is 0.0955. The van der Waals surface area contributed by atoms with Gasteiger partial charge >= 0.3 is 0 Å². The van der Waals surface area contributed by atoms with Crippen molar-refractivity contribution in [2.45, 2.75) is 0 Å². The number of benzene rings is 2. The lowest BCUT2D eigenvalue weighted by Gasteiger charge is -2.00. The van der Waals surface area contributed by atoms with Crippen molar-refractivity contribution in [1.82, 2.24) is 5.43 Å². The highest BCUT2D eigenvalue weighted by atomic mass is 127. The monoisotopic (exact) mass is 384 g/mol. The van der Waals surface area contributed by atoms with E-state index >= 15 is 0 Å². The summed E-state index contributed by atoms with van der Waals surface area (Å²) < 4.78 is 1.15. The standard InChI is InChI=1S/C14H10ClIN2O/c15-12-3-1-2-11(8-12)14(19)18-17-9-10-4-6-13(16)7-5-10/h1-9H,(H,18,19). The summed E-state index contributed by atoms with van der Waals surface area (Å²) in [6.45, 7) is 0. The van der Waals surface area contributed by atoms with E-state index in [4.69, 9.17) is 11.6 Å². The number of rotatable bonds is 3. The molecule has 2 aromatic rings. The number of hydrazone groups is 1. The third-order valence-electron chi connectivity index (χ3n) is 2.34.